The summed E-state index contributed by atoms with van der Waals surface area (Å²) in [6, 6.07) is 16.7. The number of ether oxygens (including phenoxy) is 1. The van der Waals surface area contributed by atoms with Gasteiger partial charge in [-0.3, -0.25) is 14.5 Å². The minimum Gasteiger partial charge on any atom is -0.503 e. The first kappa shape index (κ1) is 23.4. The molecule has 2 heterocycles. The number of thiophene rings is 1. The number of rotatable bonds is 7. The largest absolute Gasteiger partial charge is 0.503 e. The molecular formula is C27H25NO5S. The molecule has 1 aliphatic rings. The topological polar surface area (TPSA) is 83.9 Å². The summed E-state index contributed by atoms with van der Waals surface area (Å²) >= 11 is 1.26. The van der Waals surface area contributed by atoms with Crippen molar-refractivity contribution in [2.75, 3.05) is 11.5 Å². The third kappa shape index (κ3) is 4.26. The van der Waals surface area contributed by atoms with Crippen molar-refractivity contribution in [1.29, 1.82) is 0 Å². The number of aliphatic hydroxyl groups is 1. The first-order chi connectivity index (χ1) is 16.3. The van der Waals surface area contributed by atoms with Gasteiger partial charge in [-0.05, 0) is 59.7 Å². The maximum absolute atomic E-state index is 13.4. The van der Waals surface area contributed by atoms with Gasteiger partial charge >= 0.3 is 5.97 Å². The quantitative estimate of drug-likeness (QED) is 0.343. The smallest absolute Gasteiger partial charge is 0.338 e. The van der Waals surface area contributed by atoms with Crippen LogP contribution in [0.3, 0.4) is 0 Å². The molecule has 174 valence electrons. The van der Waals surface area contributed by atoms with Crippen LogP contribution in [0, 0.1) is 0 Å². The molecular weight excluding hydrogens is 450 g/mol. The molecule has 3 aromatic rings. The molecule has 1 aromatic heterocycles. The number of aliphatic hydroxyl groups excluding tert-OH is 1. The number of carbonyl (C=O) groups excluding carboxylic acids is 3. The minimum atomic E-state index is -0.809. The van der Waals surface area contributed by atoms with Crippen molar-refractivity contribution in [3.63, 3.8) is 0 Å². The van der Waals surface area contributed by atoms with Crippen LogP contribution in [-0.4, -0.2) is 29.4 Å². The summed E-state index contributed by atoms with van der Waals surface area (Å²) in [6.07, 6.45) is 0. The zero-order valence-corrected chi connectivity index (χ0v) is 20.0. The monoisotopic (exact) mass is 475 g/mol. The summed E-state index contributed by atoms with van der Waals surface area (Å²) in [6.45, 7) is 6.16. The molecule has 7 heteroatoms. The van der Waals surface area contributed by atoms with Gasteiger partial charge in [0.25, 0.3) is 5.91 Å². The molecule has 0 saturated heterocycles. The SMILES string of the molecule is CCOC(=O)c1ccc(N2C(=O)C(O)=C(C(=O)c3cccs3)[C@H]2c2ccc(C(C)C)cc2)cc1. The molecule has 1 atom stereocenters. The van der Waals surface area contributed by atoms with E-state index in [1.807, 2.05) is 24.3 Å². The standard InChI is InChI=1S/C27H25NO5S/c1-4-33-27(32)19-11-13-20(14-12-19)28-23(18-9-7-17(8-10-18)16(2)3)22(25(30)26(28)31)24(29)21-6-5-15-34-21/h5-16,23,30H,4H2,1-3H3/t23-/m1/s1. The van der Waals surface area contributed by atoms with E-state index >= 15 is 0 Å². The highest BCUT2D eigenvalue weighted by Crippen LogP contribution is 2.42. The van der Waals surface area contributed by atoms with Gasteiger partial charge in [-0.15, -0.1) is 11.3 Å². The van der Waals surface area contributed by atoms with E-state index in [9.17, 15) is 19.5 Å². The van der Waals surface area contributed by atoms with E-state index in [1.165, 1.54) is 16.2 Å². The van der Waals surface area contributed by atoms with Crippen LogP contribution < -0.4 is 4.90 Å². The summed E-state index contributed by atoms with van der Waals surface area (Å²) in [7, 11) is 0. The van der Waals surface area contributed by atoms with Crippen LogP contribution in [0.4, 0.5) is 5.69 Å². The van der Waals surface area contributed by atoms with Gasteiger partial charge in [0.2, 0.25) is 5.78 Å². The van der Waals surface area contributed by atoms with E-state index in [2.05, 4.69) is 13.8 Å². The fourth-order valence-corrected chi connectivity index (χ4v) is 4.67. The van der Waals surface area contributed by atoms with Crippen molar-refractivity contribution in [2.45, 2.75) is 32.7 Å². The average molecular weight is 476 g/mol. The van der Waals surface area contributed by atoms with Gasteiger partial charge in [-0.2, -0.15) is 0 Å². The Balaban J connectivity index is 1.79. The van der Waals surface area contributed by atoms with Crippen molar-refractivity contribution in [3.8, 4) is 0 Å². The predicted octanol–water partition coefficient (Wildman–Crippen LogP) is 5.83. The number of ketones is 1. The van der Waals surface area contributed by atoms with E-state index in [0.29, 0.717) is 27.6 Å². The van der Waals surface area contributed by atoms with E-state index < -0.39 is 23.7 Å². The van der Waals surface area contributed by atoms with Crippen LogP contribution in [0.25, 0.3) is 0 Å². The molecule has 34 heavy (non-hydrogen) atoms. The van der Waals surface area contributed by atoms with Gasteiger partial charge in [-0.25, -0.2) is 4.79 Å². The highest BCUT2D eigenvalue weighted by molar-refractivity contribution is 7.12. The van der Waals surface area contributed by atoms with Gasteiger partial charge in [0.1, 0.15) is 0 Å². The van der Waals surface area contributed by atoms with Gasteiger partial charge in [0, 0.05) is 5.69 Å². The van der Waals surface area contributed by atoms with Crippen molar-refractivity contribution in [2.24, 2.45) is 0 Å². The summed E-state index contributed by atoms with van der Waals surface area (Å²) < 4.78 is 5.03. The number of benzene rings is 2. The molecule has 0 radical (unpaired) electrons. The Kier molecular flexibility index (Phi) is 6.65. The van der Waals surface area contributed by atoms with Crippen molar-refractivity contribution >= 4 is 34.7 Å². The first-order valence-corrected chi connectivity index (χ1v) is 11.9. The lowest BCUT2D eigenvalue weighted by atomic mass is 9.93. The number of hydrogen-bond acceptors (Lipinski definition) is 6. The molecule has 0 bridgehead atoms. The number of nitrogens with zero attached hydrogens (tertiary/aromatic N) is 1. The van der Waals surface area contributed by atoms with E-state index in [0.717, 1.165) is 5.56 Å². The highest BCUT2D eigenvalue weighted by Gasteiger charge is 2.44. The zero-order valence-electron chi connectivity index (χ0n) is 19.1. The molecule has 0 spiro atoms. The summed E-state index contributed by atoms with van der Waals surface area (Å²) in [5.41, 5.74) is 2.67. The maximum Gasteiger partial charge on any atom is 0.338 e. The van der Waals surface area contributed by atoms with Crippen LogP contribution in [-0.2, 0) is 9.53 Å². The van der Waals surface area contributed by atoms with Crippen LogP contribution in [0.2, 0.25) is 0 Å². The number of Topliss-reactive ketones (excluding diaryl/α,β-unsaturated/α-hetero) is 1. The second kappa shape index (κ2) is 9.65. The average Bonchev–Trinajstić information content (AvgIpc) is 3.46. The summed E-state index contributed by atoms with van der Waals surface area (Å²) in [4.78, 5) is 40.5. The molecule has 0 aliphatic carbocycles. The number of amides is 1. The molecule has 0 fully saturated rings. The van der Waals surface area contributed by atoms with Gasteiger partial charge < -0.3 is 9.84 Å². The Morgan fingerprint density at radius 1 is 1.06 bits per heavy atom. The number of esters is 1. The van der Waals surface area contributed by atoms with E-state index in [4.69, 9.17) is 4.74 Å². The summed E-state index contributed by atoms with van der Waals surface area (Å²) in [5, 5.41) is 12.6. The fraction of sp³-hybridized carbons (Fsp3) is 0.222. The lowest BCUT2D eigenvalue weighted by Crippen LogP contribution is -2.31. The molecule has 0 unspecified atom stereocenters. The van der Waals surface area contributed by atoms with Crippen molar-refractivity contribution in [3.05, 3.63) is 98.9 Å². The van der Waals surface area contributed by atoms with Crippen LogP contribution in [0.5, 0.6) is 0 Å². The lowest BCUT2D eigenvalue weighted by Gasteiger charge is -2.27. The molecule has 1 aliphatic heterocycles. The van der Waals surface area contributed by atoms with E-state index in [1.54, 1.807) is 48.7 Å². The number of anilines is 1. The third-order valence-electron chi connectivity index (χ3n) is 5.77. The fourth-order valence-electron chi connectivity index (χ4n) is 4.00. The third-order valence-corrected chi connectivity index (χ3v) is 6.64. The highest BCUT2D eigenvalue weighted by atomic mass is 32.1. The first-order valence-electron chi connectivity index (χ1n) is 11.0. The van der Waals surface area contributed by atoms with Gasteiger partial charge in [0.05, 0.1) is 28.7 Å². The Morgan fingerprint density at radius 3 is 2.29 bits per heavy atom. The molecule has 4 rings (SSSR count). The Bertz CT molecular complexity index is 1240. The Morgan fingerprint density at radius 2 is 1.74 bits per heavy atom. The molecule has 0 saturated carbocycles. The second-order valence-corrected chi connectivity index (χ2v) is 9.18. The minimum absolute atomic E-state index is 0.0409. The lowest BCUT2D eigenvalue weighted by molar-refractivity contribution is -0.117. The summed E-state index contributed by atoms with van der Waals surface area (Å²) in [5.74, 6) is -1.75. The van der Waals surface area contributed by atoms with Gasteiger partial charge in [-0.1, -0.05) is 44.2 Å². The Hall–Kier alpha value is -3.71. The zero-order chi connectivity index (χ0) is 24.4. The molecule has 2 aromatic carbocycles. The van der Waals surface area contributed by atoms with Crippen LogP contribution in [0.15, 0.2) is 77.4 Å². The number of carbonyl (C=O) groups is 3. The van der Waals surface area contributed by atoms with E-state index in [-0.39, 0.29) is 18.0 Å². The number of hydrogen-bond donors (Lipinski definition) is 1. The Labute approximate surface area is 202 Å². The van der Waals surface area contributed by atoms with Gasteiger partial charge in [0.15, 0.2) is 5.76 Å². The van der Waals surface area contributed by atoms with Crippen LogP contribution >= 0.6 is 11.3 Å². The molecule has 6 nitrogen and oxygen atoms in total. The van der Waals surface area contributed by atoms with Crippen molar-refractivity contribution in [1.82, 2.24) is 0 Å². The normalized spacial score (nSPS) is 15.8. The van der Waals surface area contributed by atoms with Crippen LogP contribution in [0.1, 0.15) is 63.9 Å². The molecule has 1 amide bonds. The van der Waals surface area contributed by atoms with Crippen molar-refractivity contribution < 1.29 is 24.2 Å². The predicted molar refractivity (Wildman–Crippen MR) is 131 cm³/mol. The molecule has 1 N–H and O–H groups in total. The second-order valence-electron chi connectivity index (χ2n) is 8.24. The maximum atomic E-state index is 13.4.